The molecule has 2 aromatic carbocycles. The van der Waals surface area contributed by atoms with Gasteiger partial charge in [-0.05, 0) is 48.0 Å². The minimum absolute atomic E-state index is 0.0196. The third-order valence-electron chi connectivity index (χ3n) is 5.57. The van der Waals surface area contributed by atoms with Gasteiger partial charge in [0, 0.05) is 25.1 Å². The molecule has 1 aliphatic rings. The Morgan fingerprint density at radius 1 is 1.06 bits per heavy atom. The maximum absolute atomic E-state index is 12.9. The number of para-hydroxylation sites is 2. The first-order chi connectivity index (χ1) is 16.9. The lowest BCUT2D eigenvalue weighted by Crippen LogP contribution is -2.46. The van der Waals surface area contributed by atoms with Crippen molar-refractivity contribution >= 4 is 17.4 Å². The molecule has 1 atom stereocenters. The van der Waals surface area contributed by atoms with E-state index in [2.05, 4.69) is 15.4 Å². The van der Waals surface area contributed by atoms with Gasteiger partial charge < -0.3 is 15.0 Å². The molecule has 1 unspecified atom stereocenters. The number of nitrogens with one attached hydrogen (secondary N) is 1. The number of anilines is 2. The molecule has 3 heterocycles. The highest BCUT2D eigenvalue weighted by Crippen LogP contribution is 2.34. The number of fused-ring (bicyclic) bond motifs is 1. The Balaban J connectivity index is 1.31. The largest absolute Gasteiger partial charge is 0.477 e. The molecule has 178 valence electrons. The third-order valence-corrected chi connectivity index (χ3v) is 5.57. The van der Waals surface area contributed by atoms with Gasteiger partial charge in [-0.2, -0.15) is 18.3 Å². The van der Waals surface area contributed by atoms with E-state index < -0.39 is 23.8 Å². The van der Waals surface area contributed by atoms with Crippen molar-refractivity contribution in [1.82, 2.24) is 14.8 Å². The summed E-state index contributed by atoms with van der Waals surface area (Å²) in [5.41, 5.74) is 1.92. The lowest BCUT2D eigenvalue weighted by Gasteiger charge is -2.35. The number of carbonyl (C=O) groups excluding carboxylic acids is 1. The number of nitrogens with zero attached hydrogens (tertiary/aromatic N) is 4. The number of ether oxygens (including phenoxy) is 1. The predicted octanol–water partition coefficient (Wildman–Crippen LogP) is 4.69. The molecule has 10 heteroatoms. The van der Waals surface area contributed by atoms with Gasteiger partial charge in [-0.25, -0.2) is 9.67 Å². The van der Waals surface area contributed by atoms with E-state index in [1.54, 1.807) is 16.9 Å². The van der Waals surface area contributed by atoms with E-state index in [-0.39, 0.29) is 12.4 Å². The van der Waals surface area contributed by atoms with Crippen molar-refractivity contribution in [2.24, 2.45) is 0 Å². The van der Waals surface area contributed by atoms with Crippen LogP contribution in [0.3, 0.4) is 0 Å². The molecular weight excluding hydrogens is 459 g/mol. The molecule has 1 amide bonds. The fourth-order valence-electron chi connectivity index (χ4n) is 3.83. The second-order valence-corrected chi connectivity index (χ2v) is 7.99. The number of aromatic nitrogens is 3. The van der Waals surface area contributed by atoms with Crippen molar-refractivity contribution in [2.45, 2.75) is 18.8 Å². The summed E-state index contributed by atoms with van der Waals surface area (Å²) >= 11 is 0. The average molecular weight is 479 g/mol. The van der Waals surface area contributed by atoms with Crippen molar-refractivity contribution in [2.75, 3.05) is 16.8 Å². The van der Waals surface area contributed by atoms with Crippen LogP contribution in [0.1, 0.15) is 11.1 Å². The van der Waals surface area contributed by atoms with Gasteiger partial charge in [0.1, 0.15) is 11.6 Å². The first-order valence-corrected chi connectivity index (χ1v) is 10.8. The van der Waals surface area contributed by atoms with Crippen LogP contribution in [0.25, 0.3) is 5.69 Å². The molecule has 0 radical (unpaired) electrons. The fourth-order valence-corrected chi connectivity index (χ4v) is 3.83. The Kier molecular flexibility index (Phi) is 5.86. The number of alkyl halides is 3. The lowest BCUT2D eigenvalue weighted by molar-refractivity contribution is -0.137. The summed E-state index contributed by atoms with van der Waals surface area (Å²) in [7, 11) is 0. The Morgan fingerprint density at radius 2 is 1.86 bits per heavy atom. The highest BCUT2D eigenvalue weighted by Gasteiger charge is 2.32. The zero-order valence-electron chi connectivity index (χ0n) is 18.3. The van der Waals surface area contributed by atoms with E-state index in [0.717, 1.165) is 29.1 Å². The highest BCUT2D eigenvalue weighted by atomic mass is 19.4. The molecule has 0 saturated carbocycles. The molecule has 0 aliphatic carbocycles. The van der Waals surface area contributed by atoms with Crippen molar-refractivity contribution in [3.05, 3.63) is 96.4 Å². The first kappa shape index (κ1) is 22.5. The van der Waals surface area contributed by atoms with Gasteiger partial charge in [0.05, 0.1) is 23.5 Å². The van der Waals surface area contributed by atoms with Gasteiger partial charge in [-0.15, -0.1) is 0 Å². The van der Waals surface area contributed by atoms with E-state index in [1.807, 2.05) is 59.6 Å². The van der Waals surface area contributed by atoms with E-state index in [0.29, 0.717) is 18.5 Å². The van der Waals surface area contributed by atoms with Crippen molar-refractivity contribution < 1.29 is 22.7 Å². The second-order valence-electron chi connectivity index (χ2n) is 7.99. The summed E-state index contributed by atoms with van der Waals surface area (Å²) in [5.74, 6) is 0.0736. The number of benzene rings is 2. The van der Waals surface area contributed by atoms with Crippen LogP contribution in [0, 0.1) is 0 Å². The Bertz CT molecular complexity index is 1310. The molecule has 0 spiro atoms. The fraction of sp³-hybridized carbons (Fsp3) is 0.160. The number of carbonyl (C=O) groups is 1. The lowest BCUT2D eigenvalue weighted by atomic mass is 10.1. The topological polar surface area (TPSA) is 72.3 Å². The third kappa shape index (κ3) is 4.96. The van der Waals surface area contributed by atoms with Crippen LogP contribution in [0.5, 0.6) is 5.75 Å². The number of rotatable bonds is 5. The number of hydrogen-bond donors (Lipinski definition) is 1. The highest BCUT2D eigenvalue weighted by molar-refractivity contribution is 5.94. The molecule has 2 aromatic heterocycles. The molecule has 1 aliphatic heterocycles. The van der Waals surface area contributed by atoms with Gasteiger partial charge in [0.15, 0.2) is 6.10 Å². The number of hydrogen-bond acceptors (Lipinski definition) is 5. The minimum atomic E-state index is -4.50. The van der Waals surface area contributed by atoms with Crippen LogP contribution in [0.2, 0.25) is 0 Å². The summed E-state index contributed by atoms with van der Waals surface area (Å²) < 4.78 is 46.0. The molecular formula is C25H20F3N5O2. The van der Waals surface area contributed by atoms with Crippen LogP contribution < -0.4 is 15.0 Å². The van der Waals surface area contributed by atoms with Gasteiger partial charge in [0.2, 0.25) is 0 Å². The van der Waals surface area contributed by atoms with E-state index in [1.165, 1.54) is 0 Å². The van der Waals surface area contributed by atoms with Crippen molar-refractivity contribution in [3.8, 4) is 11.4 Å². The van der Waals surface area contributed by atoms with Crippen molar-refractivity contribution in [1.29, 1.82) is 0 Å². The van der Waals surface area contributed by atoms with E-state index in [4.69, 9.17) is 4.74 Å². The summed E-state index contributed by atoms with van der Waals surface area (Å²) in [6, 6.07) is 19.2. The van der Waals surface area contributed by atoms with Gasteiger partial charge in [-0.3, -0.25) is 4.79 Å². The predicted molar refractivity (Wildman–Crippen MR) is 123 cm³/mol. The Labute approximate surface area is 198 Å². The maximum Gasteiger partial charge on any atom is 0.417 e. The second kappa shape index (κ2) is 9.13. The minimum Gasteiger partial charge on any atom is -0.477 e. The maximum atomic E-state index is 12.9. The van der Waals surface area contributed by atoms with Crippen LogP contribution in [0.4, 0.5) is 24.7 Å². The quantitative estimate of drug-likeness (QED) is 0.450. The number of pyridine rings is 1. The van der Waals surface area contributed by atoms with E-state index in [9.17, 15) is 18.0 Å². The number of halogens is 3. The standard InChI is InChI=1S/C25H20F3N5O2/c26-25(27,28)18-8-11-23(29-14-18)31-24(34)22-16-32(20-4-1-2-5-21(20)35-22)15-17-6-9-19(10-7-17)33-13-3-12-30-33/h1-14,22H,15-16H2,(H,29,31,34). The average Bonchev–Trinajstić information content (AvgIpc) is 3.39. The first-order valence-electron chi connectivity index (χ1n) is 10.8. The van der Waals surface area contributed by atoms with Crippen LogP contribution in [-0.2, 0) is 17.5 Å². The zero-order valence-corrected chi connectivity index (χ0v) is 18.3. The zero-order chi connectivity index (χ0) is 24.4. The number of amides is 1. The molecule has 5 rings (SSSR count). The normalized spacial score (nSPS) is 15.3. The molecule has 1 N–H and O–H groups in total. The van der Waals surface area contributed by atoms with Gasteiger partial charge in [0.25, 0.3) is 5.91 Å². The van der Waals surface area contributed by atoms with E-state index >= 15 is 0 Å². The molecule has 4 aromatic rings. The molecule has 0 bridgehead atoms. The summed E-state index contributed by atoms with van der Waals surface area (Å²) in [5, 5.41) is 6.78. The van der Waals surface area contributed by atoms with Crippen LogP contribution in [0.15, 0.2) is 85.3 Å². The van der Waals surface area contributed by atoms with Gasteiger partial charge >= 0.3 is 6.18 Å². The molecule has 0 fully saturated rings. The molecule has 0 saturated heterocycles. The smallest absolute Gasteiger partial charge is 0.417 e. The Morgan fingerprint density at radius 3 is 2.54 bits per heavy atom. The monoisotopic (exact) mass is 479 g/mol. The SMILES string of the molecule is O=C(Nc1ccc(C(F)(F)F)cn1)C1CN(Cc2ccc(-n3cccn3)cc2)c2ccccc2O1. The summed E-state index contributed by atoms with van der Waals surface area (Å²) in [6.45, 7) is 0.784. The Hall–Kier alpha value is -4.34. The van der Waals surface area contributed by atoms with Crippen LogP contribution in [-0.4, -0.2) is 33.3 Å². The van der Waals surface area contributed by atoms with Gasteiger partial charge in [-0.1, -0.05) is 24.3 Å². The molecule has 35 heavy (non-hydrogen) atoms. The summed E-state index contributed by atoms with van der Waals surface area (Å²) in [4.78, 5) is 18.6. The summed E-state index contributed by atoms with van der Waals surface area (Å²) in [6.07, 6.45) is -1.11. The molecule has 7 nitrogen and oxygen atoms in total. The van der Waals surface area contributed by atoms with Crippen molar-refractivity contribution in [3.63, 3.8) is 0 Å². The van der Waals surface area contributed by atoms with Crippen LogP contribution >= 0.6 is 0 Å².